The number of ether oxygens (including phenoxy) is 1. The Hall–Kier alpha value is -2.08. The highest BCUT2D eigenvalue weighted by Gasteiger charge is 2.36. The molecule has 126 valence electrons. The fourth-order valence-corrected chi connectivity index (χ4v) is 3.47. The Kier molecular flexibility index (Phi) is 4.49. The fraction of sp³-hybridized carbons (Fsp3) is 0.222. The summed E-state index contributed by atoms with van der Waals surface area (Å²) in [7, 11) is 0. The quantitative estimate of drug-likeness (QED) is 0.822. The maximum Gasteiger partial charge on any atom is 0.387 e. The van der Waals surface area contributed by atoms with Crippen LogP contribution in [0.5, 0.6) is 5.75 Å². The number of hydrogen-bond donors (Lipinski definition) is 2. The summed E-state index contributed by atoms with van der Waals surface area (Å²) in [4.78, 5) is 0. The van der Waals surface area contributed by atoms with Crippen LogP contribution in [0.2, 0.25) is 0 Å². The van der Waals surface area contributed by atoms with Crippen LogP contribution in [0, 0.1) is 6.92 Å². The molecule has 0 bridgehead atoms. The van der Waals surface area contributed by atoms with E-state index < -0.39 is 12.0 Å². The zero-order chi connectivity index (χ0) is 17.3. The summed E-state index contributed by atoms with van der Waals surface area (Å²) >= 11 is 3.50. The Morgan fingerprint density at radius 1 is 1.21 bits per heavy atom. The van der Waals surface area contributed by atoms with Gasteiger partial charge < -0.3 is 15.8 Å². The SMILES string of the molecule is Cc1cc(C2(c3cccc(Br)c3)C=C(N)NC2)ccc1OC(F)F. The van der Waals surface area contributed by atoms with Crippen molar-refractivity contribution in [3.8, 4) is 5.75 Å². The van der Waals surface area contributed by atoms with Gasteiger partial charge in [-0.1, -0.05) is 40.2 Å². The summed E-state index contributed by atoms with van der Waals surface area (Å²) in [5.74, 6) is 0.779. The average molecular weight is 395 g/mol. The molecule has 0 saturated carbocycles. The highest BCUT2D eigenvalue weighted by molar-refractivity contribution is 9.10. The van der Waals surface area contributed by atoms with Gasteiger partial charge in [-0.15, -0.1) is 0 Å². The van der Waals surface area contributed by atoms with Gasteiger partial charge in [0.2, 0.25) is 0 Å². The van der Waals surface area contributed by atoms with Crippen LogP contribution in [0.3, 0.4) is 0 Å². The smallest absolute Gasteiger partial charge is 0.387 e. The van der Waals surface area contributed by atoms with E-state index >= 15 is 0 Å². The highest BCUT2D eigenvalue weighted by atomic mass is 79.9. The van der Waals surface area contributed by atoms with Gasteiger partial charge in [-0.2, -0.15) is 8.78 Å². The lowest BCUT2D eigenvalue weighted by Crippen LogP contribution is -2.31. The average Bonchev–Trinajstić information content (AvgIpc) is 2.92. The second-order valence-corrected chi connectivity index (χ2v) is 6.71. The summed E-state index contributed by atoms with van der Waals surface area (Å²) in [6.07, 6.45) is 1.97. The normalized spacial score (nSPS) is 20.0. The highest BCUT2D eigenvalue weighted by Crippen LogP contribution is 2.39. The lowest BCUT2D eigenvalue weighted by molar-refractivity contribution is -0.0503. The van der Waals surface area contributed by atoms with E-state index in [0.29, 0.717) is 17.9 Å². The molecule has 3 nitrogen and oxygen atoms in total. The third-order valence-electron chi connectivity index (χ3n) is 4.22. The van der Waals surface area contributed by atoms with Gasteiger partial charge in [0.1, 0.15) is 5.75 Å². The number of benzene rings is 2. The predicted molar refractivity (Wildman–Crippen MR) is 93.0 cm³/mol. The van der Waals surface area contributed by atoms with Crippen LogP contribution in [-0.4, -0.2) is 13.2 Å². The molecule has 2 aromatic carbocycles. The fourth-order valence-electron chi connectivity index (χ4n) is 3.07. The van der Waals surface area contributed by atoms with Crippen molar-refractivity contribution in [2.24, 2.45) is 5.73 Å². The Bertz CT molecular complexity index is 794. The van der Waals surface area contributed by atoms with Crippen LogP contribution < -0.4 is 15.8 Å². The van der Waals surface area contributed by atoms with Gasteiger partial charge in [0, 0.05) is 11.0 Å². The molecule has 1 aliphatic heterocycles. The zero-order valence-corrected chi connectivity index (χ0v) is 14.6. The maximum atomic E-state index is 12.5. The van der Waals surface area contributed by atoms with Crippen LogP contribution in [0.4, 0.5) is 8.78 Å². The van der Waals surface area contributed by atoms with E-state index in [2.05, 4.69) is 26.0 Å². The van der Waals surface area contributed by atoms with Crippen molar-refractivity contribution in [2.75, 3.05) is 6.54 Å². The Morgan fingerprint density at radius 2 is 1.96 bits per heavy atom. The Balaban J connectivity index is 2.10. The van der Waals surface area contributed by atoms with Gasteiger partial charge in [-0.3, -0.25) is 0 Å². The summed E-state index contributed by atoms with van der Waals surface area (Å²) in [5, 5.41) is 3.17. The summed E-state index contributed by atoms with van der Waals surface area (Å²) in [6.45, 7) is -0.480. The van der Waals surface area contributed by atoms with Gasteiger partial charge in [0.05, 0.1) is 11.2 Å². The molecule has 24 heavy (non-hydrogen) atoms. The number of hydrogen-bond acceptors (Lipinski definition) is 3. The van der Waals surface area contributed by atoms with E-state index in [1.165, 1.54) is 0 Å². The lowest BCUT2D eigenvalue weighted by atomic mass is 9.75. The topological polar surface area (TPSA) is 47.3 Å². The van der Waals surface area contributed by atoms with Crippen LogP contribution in [0.25, 0.3) is 0 Å². The van der Waals surface area contributed by atoms with Crippen molar-refractivity contribution < 1.29 is 13.5 Å². The first-order valence-corrected chi connectivity index (χ1v) is 8.24. The maximum absolute atomic E-state index is 12.5. The third kappa shape index (κ3) is 3.11. The summed E-state index contributed by atoms with van der Waals surface area (Å²) in [5.41, 5.74) is 8.20. The molecule has 3 N–H and O–H groups in total. The largest absolute Gasteiger partial charge is 0.435 e. The van der Waals surface area contributed by atoms with Crippen molar-refractivity contribution in [1.82, 2.24) is 5.32 Å². The Morgan fingerprint density at radius 3 is 2.54 bits per heavy atom. The molecular weight excluding hydrogens is 378 g/mol. The summed E-state index contributed by atoms with van der Waals surface area (Å²) in [6, 6.07) is 13.2. The van der Waals surface area contributed by atoms with Gasteiger partial charge in [-0.05, 0) is 47.9 Å². The minimum absolute atomic E-state index is 0.182. The lowest BCUT2D eigenvalue weighted by Gasteiger charge is -2.29. The number of nitrogens with two attached hydrogens (primary N) is 1. The van der Waals surface area contributed by atoms with Crippen molar-refractivity contribution in [3.05, 3.63) is 75.5 Å². The molecular formula is C18H17BrF2N2O. The molecule has 1 aliphatic rings. The molecule has 0 amide bonds. The van der Waals surface area contributed by atoms with E-state index in [9.17, 15) is 8.78 Å². The van der Waals surface area contributed by atoms with E-state index in [4.69, 9.17) is 5.73 Å². The van der Waals surface area contributed by atoms with E-state index in [1.807, 2.05) is 42.5 Å². The molecule has 6 heteroatoms. The molecule has 0 spiro atoms. The molecule has 0 aliphatic carbocycles. The number of alkyl halides is 2. The minimum Gasteiger partial charge on any atom is -0.435 e. The Labute approximate surface area is 147 Å². The molecule has 3 rings (SSSR count). The molecule has 0 aromatic heterocycles. The van der Waals surface area contributed by atoms with Gasteiger partial charge in [0.15, 0.2) is 0 Å². The van der Waals surface area contributed by atoms with Gasteiger partial charge in [-0.25, -0.2) is 0 Å². The number of halogens is 3. The second-order valence-electron chi connectivity index (χ2n) is 5.79. The summed E-state index contributed by atoms with van der Waals surface area (Å²) < 4.78 is 30.5. The first kappa shape index (κ1) is 16.8. The zero-order valence-electron chi connectivity index (χ0n) is 13.0. The van der Waals surface area contributed by atoms with Gasteiger partial charge >= 0.3 is 6.61 Å². The minimum atomic E-state index is -2.84. The molecule has 1 heterocycles. The standard InChI is InChI=1S/C18H17BrF2N2O/c1-11-7-13(5-6-15(11)24-17(20)21)18(9-16(22)23-10-18)12-3-2-4-14(19)8-12/h2-9,17,23H,10,22H2,1H3. The van der Waals surface area contributed by atoms with E-state index in [-0.39, 0.29) is 5.75 Å². The van der Waals surface area contributed by atoms with Crippen molar-refractivity contribution >= 4 is 15.9 Å². The van der Waals surface area contributed by atoms with Crippen LogP contribution in [0.15, 0.2) is 58.8 Å². The van der Waals surface area contributed by atoms with Crippen LogP contribution >= 0.6 is 15.9 Å². The third-order valence-corrected chi connectivity index (χ3v) is 4.71. The predicted octanol–water partition coefficient (Wildman–Crippen LogP) is 4.05. The number of aryl methyl sites for hydroxylation is 1. The van der Waals surface area contributed by atoms with E-state index in [0.717, 1.165) is 15.6 Å². The van der Waals surface area contributed by atoms with Crippen LogP contribution in [0.1, 0.15) is 16.7 Å². The molecule has 1 unspecified atom stereocenters. The second kappa shape index (κ2) is 6.43. The van der Waals surface area contributed by atoms with Gasteiger partial charge in [0.25, 0.3) is 0 Å². The molecule has 1 atom stereocenters. The van der Waals surface area contributed by atoms with Crippen molar-refractivity contribution in [1.29, 1.82) is 0 Å². The van der Waals surface area contributed by atoms with Crippen molar-refractivity contribution in [3.63, 3.8) is 0 Å². The van der Waals surface area contributed by atoms with Crippen LogP contribution in [-0.2, 0) is 5.41 Å². The molecule has 0 saturated heterocycles. The monoisotopic (exact) mass is 394 g/mol. The molecule has 0 radical (unpaired) electrons. The first-order valence-electron chi connectivity index (χ1n) is 7.45. The first-order chi connectivity index (χ1) is 11.4. The van der Waals surface area contributed by atoms with Crippen molar-refractivity contribution in [2.45, 2.75) is 19.0 Å². The number of nitrogens with one attached hydrogen (secondary N) is 1. The number of rotatable bonds is 4. The molecule has 0 fully saturated rings. The van der Waals surface area contributed by atoms with E-state index in [1.54, 1.807) is 13.0 Å². The molecule has 2 aromatic rings.